The van der Waals surface area contributed by atoms with Crippen LogP contribution in [0.4, 0.5) is 5.69 Å². The second kappa shape index (κ2) is 7.00. The maximum atomic E-state index is 12.4. The van der Waals surface area contributed by atoms with E-state index in [0.29, 0.717) is 5.69 Å². The molecule has 0 radical (unpaired) electrons. The van der Waals surface area contributed by atoms with Crippen molar-refractivity contribution in [2.24, 2.45) is 5.10 Å². The summed E-state index contributed by atoms with van der Waals surface area (Å²) in [6.45, 7) is 0. The van der Waals surface area contributed by atoms with E-state index in [1.54, 1.807) is 19.2 Å². The van der Waals surface area contributed by atoms with Gasteiger partial charge in [0.2, 0.25) is 0 Å². The van der Waals surface area contributed by atoms with E-state index in [-0.39, 0.29) is 30.2 Å². The summed E-state index contributed by atoms with van der Waals surface area (Å²) in [6, 6.07) is 8.22. The van der Waals surface area contributed by atoms with E-state index in [0.717, 1.165) is 19.3 Å². The highest BCUT2D eigenvalue weighted by atomic mass is 16.5. The number of benzene rings is 1. The van der Waals surface area contributed by atoms with E-state index in [9.17, 15) is 14.7 Å². The van der Waals surface area contributed by atoms with Crippen LogP contribution in [-0.2, 0) is 14.3 Å². The Morgan fingerprint density at radius 3 is 2.67 bits per heavy atom. The molecule has 0 saturated heterocycles. The van der Waals surface area contributed by atoms with Crippen LogP contribution in [0.15, 0.2) is 35.4 Å². The number of carbonyl (C=O) groups excluding carboxylic acids is 1. The molecule has 1 saturated carbocycles. The second-order valence-corrected chi connectivity index (χ2v) is 6.13. The first-order chi connectivity index (χ1) is 11.6. The molecule has 2 aliphatic rings. The topological polar surface area (TPSA) is 91.2 Å². The summed E-state index contributed by atoms with van der Waals surface area (Å²) in [4.78, 5) is 24.0. The molecule has 0 bridgehead atoms. The molecular weight excluding hydrogens is 310 g/mol. The molecule has 1 heterocycles. The monoisotopic (exact) mass is 331 g/mol. The molecule has 3 atom stereocenters. The minimum Gasteiger partial charge on any atom is -0.480 e. The average Bonchev–Trinajstić information content (AvgIpc) is 3.22. The molecule has 7 nitrogen and oxygen atoms in total. The molecule has 7 heteroatoms. The van der Waals surface area contributed by atoms with Gasteiger partial charge in [-0.05, 0) is 31.4 Å². The van der Waals surface area contributed by atoms with Gasteiger partial charge in [0.25, 0.3) is 5.91 Å². The summed E-state index contributed by atoms with van der Waals surface area (Å²) < 4.78 is 5.30. The van der Waals surface area contributed by atoms with Gasteiger partial charge in [0.15, 0.2) is 6.04 Å². The molecule has 3 rings (SSSR count). The number of hydrazone groups is 1. The number of carboxylic acids is 1. The van der Waals surface area contributed by atoms with Crippen molar-refractivity contribution in [3.8, 4) is 0 Å². The summed E-state index contributed by atoms with van der Waals surface area (Å²) in [6.07, 6.45) is 2.83. The van der Waals surface area contributed by atoms with E-state index in [2.05, 4.69) is 10.4 Å². The predicted molar refractivity (Wildman–Crippen MR) is 89.0 cm³/mol. The van der Waals surface area contributed by atoms with Gasteiger partial charge >= 0.3 is 5.97 Å². The number of aliphatic carboxylic acids is 1. The van der Waals surface area contributed by atoms with Crippen molar-refractivity contribution in [2.45, 2.75) is 43.9 Å². The molecule has 1 aliphatic carbocycles. The van der Waals surface area contributed by atoms with Gasteiger partial charge in [-0.15, -0.1) is 0 Å². The number of carbonyl (C=O) groups is 2. The van der Waals surface area contributed by atoms with Crippen LogP contribution >= 0.6 is 0 Å². The van der Waals surface area contributed by atoms with Gasteiger partial charge in [0, 0.05) is 19.6 Å². The van der Waals surface area contributed by atoms with Gasteiger partial charge in [-0.3, -0.25) is 9.80 Å². The highest BCUT2D eigenvalue weighted by Crippen LogP contribution is 2.25. The lowest BCUT2D eigenvalue weighted by Gasteiger charge is -2.19. The second-order valence-electron chi connectivity index (χ2n) is 6.13. The number of amides is 1. The third kappa shape index (κ3) is 3.41. The number of nitrogens with one attached hydrogen (secondary N) is 1. The van der Waals surface area contributed by atoms with Crippen LogP contribution in [0, 0.1) is 0 Å². The van der Waals surface area contributed by atoms with Crippen molar-refractivity contribution in [1.82, 2.24) is 5.32 Å². The van der Waals surface area contributed by atoms with Crippen LogP contribution in [0.2, 0.25) is 0 Å². The minimum absolute atomic E-state index is 0.0548. The molecule has 1 aromatic rings. The summed E-state index contributed by atoms with van der Waals surface area (Å²) in [5, 5.41) is 18.1. The molecule has 128 valence electrons. The Hall–Kier alpha value is -2.41. The third-order valence-electron chi connectivity index (χ3n) is 4.53. The fraction of sp³-hybridized carbons (Fsp3) is 0.471. The van der Waals surface area contributed by atoms with Crippen molar-refractivity contribution in [3.05, 3.63) is 30.3 Å². The lowest BCUT2D eigenvalue weighted by atomic mass is 10.1. The number of ether oxygens (including phenoxy) is 1. The Kier molecular flexibility index (Phi) is 4.80. The largest absolute Gasteiger partial charge is 0.480 e. The Labute approximate surface area is 140 Å². The summed E-state index contributed by atoms with van der Waals surface area (Å²) >= 11 is 0. The van der Waals surface area contributed by atoms with E-state index < -0.39 is 12.0 Å². The van der Waals surface area contributed by atoms with Gasteiger partial charge in [0.1, 0.15) is 5.71 Å². The standard InChI is InChI=1S/C17H21N3O4/c1-24-13-8-7-11(9-13)18-16(21)14-10-15(17(22)23)20(19-14)12-5-3-2-4-6-12/h2-6,11,13,15H,7-10H2,1H3,(H,18,21)(H,22,23). The lowest BCUT2D eigenvalue weighted by molar-refractivity contribution is -0.138. The normalized spacial score (nSPS) is 26.3. The highest BCUT2D eigenvalue weighted by molar-refractivity contribution is 6.40. The highest BCUT2D eigenvalue weighted by Gasteiger charge is 2.37. The lowest BCUT2D eigenvalue weighted by Crippen LogP contribution is -2.39. The van der Waals surface area contributed by atoms with Crippen molar-refractivity contribution in [1.29, 1.82) is 0 Å². The minimum atomic E-state index is -0.995. The van der Waals surface area contributed by atoms with Crippen molar-refractivity contribution in [3.63, 3.8) is 0 Å². The summed E-state index contributed by atoms with van der Waals surface area (Å²) in [5.74, 6) is -1.29. The van der Waals surface area contributed by atoms with Gasteiger partial charge in [-0.1, -0.05) is 18.2 Å². The number of nitrogens with zero attached hydrogens (tertiary/aromatic N) is 2. The zero-order valence-corrected chi connectivity index (χ0v) is 13.5. The van der Waals surface area contributed by atoms with Crippen molar-refractivity contribution in [2.75, 3.05) is 12.1 Å². The van der Waals surface area contributed by atoms with Crippen LogP contribution in [0.5, 0.6) is 0 Å². The van der Waals surface area contributed by atoms with Crippen LogP contribution in [0.1, 0.15) is 25.7 Å². The van der Waals surface area contributed by atoms with Crippen LogP contribution in [0.25, 0.3) is 0 Å². The number of hydrogen-bond acceptors (Lipinski definition) is 5. The Morgan fingerprint density at radius 1 is 1.29 bits per heavy atom. The smallest absolute Gasteiger partial charge is 0.328 e. The van der Waals surface area contributed by atoms with Crippen LogP contribution in [-0.4, -0.2) is 48.0 Å². The number of carboxylic acid groups (broad SMARTS) is 1. The first-order valence-electron chi connectivity index (χ1n) is 8.06. The van der Waals surface area contributed by atoms with E-state index in [4.69, 9.17) is 4.74 Å². The fourth-order valence-corrected chi connectivity index (χ4v) is 3.21. The van der Waals surface area contributed by atoms with Crippen LogP contribution < -0.4 is 10.3 Å². The molecule has 1 aromatic carbocycles. The maximum absolute atomic E-state index is 12.4. The first kappa shape index (κ1) is 16.4. The molecule has 3 unspecified atom stereocenters. The molecular formula is C17H21N3O4. The molecule has 1 amide bonds. The van der Waals surface area contributed by atoms with Crippen LogP contribution in [0.3, 0.4) is 0 Å². The molecule has 1 aliphatic heterocycles. The predicted octanol–water partition coefficient (Wildman–Crippen LogP) is 1.39. The number of rotatable bonds is 5. The fourth-order valence-electron chi connectivity index (χ4n) is 3.21. The molecule has 1 fully saturated rings. The quantitative estimate of drug-likeness (QED) is 0.851. The number of para-hydroxylation sites is 1. The van der Waals surface area contributed by atoms with E-state index in [1.807, 2.05) is 18.2 Å². The third-order valence-corrected chi connectivity index (χ3v) is 4.53. The first-order valence-corrected chi connectivity index (χ1v) is 8.06. The maximum Gasteiger partial charge on any atom is 0.328 e. The molecule has 2 N–H and O–H groups in total. The molecule has 0 aromatic heterocycles. The Bertz CT molecular complexity index is 646. The van der Waals surface area contributed by atoms with Gasteiger partial charge in [-0.2, -0.15) is 5.10 Å². The number of methoxy groups -OCH3 is 1. The zero-order valence-electron chi connectivity index (χ0n) is 13.5. The Balaban J connectivity index is 1.71. The number of hydrogen-bond donors (Lipinski definition) is 2. The molecule has 0 spiro atoms. The summed E-state index contributed by atoms with van der Waals surface area (Å²) in [7, 11) is 1.67. The SMILES string of the molecule is COC1CCC(NC(=O)C2=NN(c3ccccc3)C(C(=O)O)C2)C1. The van der Waals surface area contributed by atoms with Crippen molar-refractivity contribution >= 4 is 23.3 Å². The summed E-state index contributed by atoms with van der Waals surface area (Å²) in [5.41, 5.74) is 0.917. The van der Waals surface area contributed by atoms with Crippen molar-refractivity contribution < 1.29 is 19.4 Å². The van der Waals surface area contributed by atoms with Gasteiger partial charge < -0.3 is 15.2 Å². The van der Waals surface area contributed by atoms with E-state index in [1.165, 1.54) is 5.01 Å². The van der Waals surface area contributed by atoms with Gasteiger partial charge in [-0.25, -0.2) is 4.79 Å². The van der Waals surface area contributed by atoms with Gasteiger partial charge in [0.05, 0.1) is 11.8 Å². The average molecular weight is 331 g/mol. The zero-order chi connectivity index (χ0) is 17.1. The number of anilines is 1. The van der Waals surface area contributed by atoms with E-state index >= 15 is 0 Å². The Morgan fingerprint density at radius 2 is 2.04 bits per heavy atom. The molecule has 24 heavy (non-hydrogen) atoms.